The van der Waals surface area contributed by atoms with Gasteiger partial charge in [0.25, 0.3) is 0 Å². The Morgan fingerprint density at radius 3 is 2.52 bits per heavy atom. The number of anilines is 1. The summed E-state index contributed by atoms with van der Waals surface area (Å²) < 4.78 is 11.5. The van der Waals surface area contributed by atoms with Crippen LogP contribution in [-0.4, -0.2) is 18.2 Å². The lowest BCUT2D eigenvalue weighted by Gasteiger charge is -2.17. The molecular weight excluding hydrogens is 390 g/mol. The first-order valence-corrected chi connectivity index (χ1v) is 9.46. The number of ether oxygens (including phenoxy) is 2. The molecule has 0 bridgehead atoms. The van der Waals surface area contributed by atoms with E-state index >= 15 is 0 Å². The van der Waals surface area contributed by atoms with Gasteiger partial charge in [0.15, 0.2) is 11.5 Å². The Hall–Kier alpha value is -3.18. The second-order valence-electron chi connectivity index (χ2n) is 6.55. The molecule has 3 aromatic carbocycles. The Morgan fingerprint density at radius 1 is 1.10 bits per heavy atom. The molecule has 2 N–H and O–H groups in total. The predicted molar refractivity (Wildman–Crippen MR) is 114 cm³/mol. The van der Waals surface area contributed by atoms with E-state index in [0.29, 0.717) is 29.7 Å². The van der Waals surface area contributed by atoms with E-state index < -0.39 is 5.97 Å². The maximum Gasteiger partial charge on any atom is 0.335 e. The van der Waals surface area contributed by atoms with Gasteiger partial charge in [0, 0.05) is 22.8 Å². The SMILES string of the molecule is COc1cccc(CNc2ccc(C(=O)O)cc2C)c1OCc1ccc(Cl)cc1. The lowest BCUT2D eigenvalue weighted by molar-refractivity contribution is 0.0697. The number of aromatic carboxylic acids is 1. The maximum atomic E-state index is 11.1. The maximum absolute atomic E-state index is 11.1. The predicted octanol–water partition coefficient (Wildman–Crippen LogP) is 5.55. The smallest absolute Gasteiger partial charge is 0.335 e. The Kier molecular flexibility index (Phi) is 6.62. The van der Waals surface area contributed by atoms with Gasteiger partial charge in [0.2, 0.25) is 0 Å². The molecule has 6 heteroatoms. The molecule has 0 saturated heterocycles. The van der Waals surface area contributed by atoms with Crippen molar-refractivity contribution in [3.05, 3.63) is 87.9 Å². The van der Waals surface area contributed by atoms with Crippen molar-refractivity contribution < 1.29 is 19.4 Å². The molecule has 0 heterocycles. The summed E-state index contributed by atoms with van der Waals surface area (Å²) in [7, 11) is 1.61. The summed E-state index contributed by atoms with van der Waals surface area (Å²) >= 11 is 5.94. The molecule has 0 aliphatic carbocycles. The van der Waals surface area contributed by atoms with Gasteiger partial charge in [-0.2, -0.15) is 0 Å². The van der Waals surface area contributed by atoms with Gasteiger partial charge in [-0.25, -0.2) is 4.79 Å². The molecule has 0 fully saturated rings. The number of rotatable bonds is 8. The van der Waals surface area contributed by atoms with Crippen LogP contribution in [0.4, 0.5) is 5.69 Å². The molecule has 150 valence electrons. The number of carboxylic acid groups (broad SMARTS) is 1. The summed E-state index contributed by atoms with van der Waals surface area (Å²) in [6.45, 7) is 2.76. The first kappa shape index (κ1) is 20.6. The third-order valence-corrected chi connectivity index (χ3v) is 4.77. The standard InChI is InChI=1S/C23H22ClNO4/c1-15-12-17(23(26)27)8-11-20(15)25-13-18-4-3-5-21(28-2)22(18)29-14-16-6-9-19(24)10-7-16/h3-12,25H,13-14H2,1-2H3,(H,26,27). The van der Waals surface area contributed by atoms with Crippen LogP contribution in [-0.2, 0) is 13.2 Å². The quantitative estimate of drug-likeness (QED) is 0.509. The zero-order valence-electron chi connectivity index (χ0n) is 16.2. The fourth-order valence-corrected chi connectivity index (χ4v) is 3.07. The highest BCUT2D eigenvalue weighted by Gasteiger charge is 2.12. The van der Waals surface area contributed by atoms with Crippen molar-refractivity contribution in [3.63, 3.8) is 0 Å². The fraction of sp³-hybridized carbons (Fsp3) is 0.174. The van der Waals surface area contributed by atoms with Crippen molar-refractivity contribution in [1.82, 2.24) is 0 Å². The molecule has 3 aromatic rings. The third kappa shape index (κ3) is 5.21. The number of para-hydroxylation sites is 1. The highest BCUT2D eigenvalue weighted by atomic mass is 35.5. The van der Waals surface area contributed by atoms with E-state index in [-0.39, 0.29) is 5.56 Å². The summed E-state index contributed by atoms with van der Waals surface area (Å²) in [6.07, 6.45) is 0. The average molecular weight is 412 g/mol. The average Bonchev–Trinajstić information content (AvgIpc) is 2.72. The Balaban J connectivity index is 1.77. The largest absolute Gasteiger partial charge is 0.493 e. The van der Waals surface area contributed by atoms with Crippen LogP contribution in [0, 0.1) is 6.92 Å². The fourth-order valence-electron chi connectivity index (χ4n) is 2.95. The monoisotopic (exact) mass is 411 g/mol. The molecule has 0 spiro atoms. The molecule has 0 atom stereocenters. The van der Waals surface area contributed by atoms with Crippen molar-refractivity contribution in [1.29, 1.82) is 0 Å². The number of halogens is 1. The minimum absolute atomic E-state index is 0.265. The summed E-state index contributed by atoms with van der Waals surface area (Å²) in [5.41, 5.74) is 3.92. The van der Waals surface area contributed by atoms with Crippen molar-refractivity contribution in [3.8, 4) is 11.5 Å². The van der Waals surface area contributed by atoms with E-state index in [1.165, 1.54) is 0 Å². The van der Waals surface area contributed by atoms with E-state index in [4.69, 9.17) is 26.2 Å². The number of hydrogen-bond donors (Lipinski definition) is 2. The molecular formula is C23H22ClNO4. The van der Waals surface area contributed by atoms with Gasteiger partial charge in [-0.3, -0.25) is 0 Å². The van der Waals surface area contributed by atoms with Crippen LogP contribution in [0.25, 0.3) is 0 Å². The van der Waals surface area contributed by atoms with Crippen LogP contribution in [0.2, 0.25) is 5.02 Å². The third-order valence-electron chi connectivity index (χ3n) is 4.52. The van der Waals surface area contributed by atoms with Crippen molar-refractivity contribution >= 4 is 23.3 Å². The Morgan fingerprint density at radius 2 is 1.86 bits per heavy atom. The van der Waals surface area contributed by atoms with Gasteiger partial charge in [-0.1, -0.05) is 35.9 Å². The van der Waals surface area contributed by atoms with E-state index in [2.05, 4.69) is 5.32 Å². The summed E-state index contributed by atoms with van der Waals surface area (Å²) in [4.78, 5) is 11.1. The van der Waals surface area contributed by atoms with Crippen molar-refractivity contribution in [2.45, 2.75) is 20.1 Å². The van der Waals surface area contributed by atoms with Crippen molar-refractivity contribution in [2.75, 3.05) is 12.4 Å². The molecule has 0 saturated carbocycles. The molecule has 0 aliphatic heterocycles. The number of carbonyl (C=O) groups is 1. The summed E-state index contributed by atoms with van der Waals surface area (Å²) in [5.74, 6) is 0.374. The van der Waals surface area contributed by atoms with Gasteiger partial charge in [-0.05, 0) is 54.4 Å². The van der Waals surface area contributed by atoms with Gasteiger partial charge in [0.05, 0.1) is 12.7 Å². The first-order chi connectivity index (χ1) is 14.0. The van der Waals surface area contributed by atoms with Gasteiger partial charge in [-0.15, -0.1) is 0 Å². The van der Waals surface area contributed by atoms with Crippen LogP contribution in [0.3, 0.4) is 0 Å². The Labute approximate surface area is 174 Å². The van der Waals surface area contributed by atoms with E-state index in [0.717, 1.165) is 22.4 Å². The zero-order chi connectivity index (χ0) is 20.8. The number of aryl methyl sites for hydroxylation is 1. The molecule has 0 radical (unpaired) electrons. The molecule has 5 nitrogen and oxygen atoms in total. The van der Waals surface area contributed by atoms with Crippen LogP contribution in [0.5, 0.6) is 11.5 Å². The molecule has 0 unspecified atom stereocenters. The highest BCUT2D eigenvalue weighted by molar-refractivity contribution is 6.30. The molecule has 0 amide bonds. The number of benzene rings is 3. The topological polar surface area (TPSA) is 67.8 Å². The summed E-state index contributed by atoms with van der Waals surface area (Å²) in [5, 5.41) is 13.1. The lowest BCUT2D eigenvalue weighted by Crippen LogP contribution is -2.06. The lowest BCUT2D eigenvalue weighted by atomic mass is 10.1. The molecule has 29 heavy (non-hydrogen) atoms. The Bertz CT molecular complexity index is 1000. The van der Waals surface area contributed by atoms with Gasteiger partial charge in [0.1, 0.15) is 6.61 Å². The van der Waals surface area contributed by atoms with E-state index in [1.54, 1.807) is 25.3 Å². The summed E-state index contributed by atoms with van der Waals surface area (Å²) in [6, 6.07) is 18.2. The molecule has 0 aliphatic rings. The van der Waals surface area contributed by atoms with Crippen LogP contribution < -0.4 is 14.8 Å². The van der Waals surface area contributed by atoms with E-state index in [9.17, 15) is 4.79 Å². The molecule has 0 aromatic heterocycles. The normalized spacial score (nSPS) is 10.4. The van der Waals surface area contributed by atoms with Crippen molar-refractivity contribution in [2.24, 2.45) is 0 Å². The van der Waals surface area contributed by atoms with Gasteiger partial charge < -0.3 is 19.9 Å². The minimum atomic E-state index is -0.940. The first-order valence-electron chi connectivity index (χ1n) is 9.09. The number of nitrogens with one attached hydrogen (secondary N) is 1. The van der Waals surface area contributed by atoms with Gasteiger partial charge >= 0.3 is 5.97 Å². The number of methoxy groups -OCH3 is 1. The van der Waals surface area contributed by atoms with Crippen LogP contribution in [0.15, 0.2) is 60.7 Å². The van der Waals surface area contributed by atoms with Crippen LogP contribution >= 0.6 is 11.6 Å². The second-order valence-corrected chi connectivity index (χ2v) is 6.99. The van der Waals surface area contributed by atoms with Crippen LogP contribution in [0.1, 0.15) is 27.0 Å². The minimum Gasteiger partial charge on any atom is -0.493 e. The zero-order valence-corrected chi connectivity index (χ0v) is 17.0. The highest BCUT2D eigenvalue weighted by Crippen LogP contribution is 2.32. The number of carboxylic acids is 1. The molecule has 3 rings (SSSR count). The van der Waals surface area contributed by atoms with E-state index in [1.807, 2.05) is 49.4 Å². The number of hydrogen-bond acceptors (Lipinski definition) is 4. The second kappa shape index (κ2) is 9.34.